The van der Waals surface area contributed by atoms with Crippen molar-refractivity contribution in [2.45, 2.75) is 13.0 Å². The zero-order chi connectivity index (χ0) is 11.4. The second-order valence-electron chi connectivity index (χ2n) is 3.39. The van der Waals surface area contributed by atoms with E-state index in [-0.39, 0.29) is 18.2 Å². The quantitative estimate of drug-likeness (QED) is 0.819. The van der Waals surface area contributed by atoms with Gasteiger partial charge in [0.25, 0.3) is 0 Å². The van der Waals surface area contributed by atoms with Crippen molar-refractivity contribution in [3.63, 3.8) is 0 Å². The second kappa shape index (κ2) is 4.76. The molecule has 0 aliphatic carbocycles. The smallest absolute Gasteiger partial charge is 0.143 e. The summed E-state index contributed by atoms with van der Waals surface area (Å²) in [5, 5.41) is 17.8. The van der Waals surface area contributed by atoms with Gasteiger partial charge in [-0.15, -0.1) is 0 Å². The highest BCUT2D eigenvalue weighted by atomic mass is 19.1. The van der Waals surface area contributed by atoms with Gasteiger partial charge in [-0.3, -0.25) is 0 Å². The standard InChI is InChI=1S/C11H13FN2O/c1-8(7-15)14(2)11-5-3-4-10(12)9(11)6-13/h3-5,8,15H,7H2,1-2H3. The van der Waals surface area contributed by atoms with E-state index in [4.69, 9.17) is 10.4 Å². The largest absolute Gasteiger partial charge is 0.394 e. The molecule has 1 unspecified atom stereocenters. The highest BCUT2D eigenvalue weighted by Crippen LogP contribution is 2.22. The maximum Gasteiger partial charge on any atom is 0.143 e. The van der Waals surface area contributed by atoms with Gasteiger partial charge < -0.3 is 10.0 Å². The van der Waals surface area contributed by atoms with Crippen molar-refractivity contribution in [1.29, 1.82) is 5.26 Å². The molecule has 3 nitrogen and oxygen atoms in total. The lowest BCUT2D eigenvalue weighted by atomic mass is 10.1. The van der Waals surface area contributed by atoms with Crippen molar-refractivity contribution in [2.24, 2.45) is 0 Å². The predicted molar refractivity (Wildman–Crippen MR) is 56.1 cm³/mol. The van der Waals surface area contributed by atoms with Crippen molar-refractivity contribution >= 4 is 5.69 Å². The highest BCUT2D eigenvalue weighted by molar-refractivity contribution is 5.59. The van der Waals surface area contributed by atoms with Crippen LogP contribution in [0.3, 0.4) is 0 Å². The van der Waals surface area contributed by atoms with Gasteiger partial charge in [-0.1, -0.05) is 6.07 Å². The minimum Gasteiger partial charge on any atom is -0.394 e. The molecule has 0 saturated heterocycles. The number of anilines is 1. The summed E-state index contributed by atoms with van der Waals surface area (Å²) in [5.41, 5.74) is 0.513. The molecule has 4 heteroatoms. The van der Waals surface area contributed by atoms with Crippen LogP contribution in [0.15, 0.2) is 18.2 Å². The van der Waals surface area contributed by atoms with E-state index in [1.807, 2.05) is 6.07 Å². The van der Waals surface area contributed by atoms with Crippen LogP contribution in [0.4, 0.5) is 10.1 Å². The van der Waals surface area contributed by atoms with Crippen LogP contribution >= 0.6 is 0 Å². The zero-order valence-electron chi connectivity index (χ0n) is 8.74. The van der Waals surface area contributed by atoms with Gasteiger partial charge in [-0.25, -0.2) is 4.39 Å². The molecule has 1 rings (SSSR count). The number of hydrogen-bond donors (Lipinski definition) is 1. The third kappa shape index (κ3) is 2.25. The molecule has 1 N–H and O–H groups in total. The maximum absolute atomic E-state index is 13.3. The van der Waals surface area contributed by atoms with Crippen molar-refractivity contribution in [3.8, 4) is 6.07 Å². The Bertz CT molecular complexity index is 387. The average Bonchev–Trinajstić information content (AvgIpc) is 2.26. The van der Waals surface area contributed by atoms with Crippen LogP contribution in [0.25, 0.3) is 0 Å². The normalized spacial score (nSPS) is 11.9. The minimum absolute atomic E-state index is 0.0142. The number of halogens is 1. The van der Waals surface area contributed by atoms with Crippen LogP contribution in [0.5, 0.6) is 0 Å². The predicted octanol–water partition coefficient (Wildman–Crippen LogP) is 1.51. The first-order valence-corrected chi connectivity index (χ1v) is 4.64. The van der Waals surface area contributed by atoms with Crippen LogP contribution in [0.2, 0.25) is 0 Å². The summed E-state index contributed by atoms with van der Waals surface area (Å²) in [6, 6.07) is 6.13. The van der Waals surface area contributed by atoms with Crippen LogP contribution in [-0.4, -0.2) is 24.8 Å². The summed E-state index contributed by atoms with van der Waals surface area (Å²) in [6.07, 6.45) is 0. The lowest BCUT2D eigenvalue weighted by molar-refractivity contribution is 0.270. The SMILES string of the molecule is CC(CO)N(C)c1cccc(F)c1C#N. The molecular formula is C11H13FN2O. The Labute approximate surface area is 88.4 Å². The molecule has 15 heavy (non-hydrogen) atoms. The van der Waals surface area contributed by atoms with Gasteiger partial charge >= 0.3 is 0 Å². The number of nitrogens with zero attached hydrogens (tertiary/aromatic N) is 2. The molecule has 1 atom stereocenters. The number of benzene rings is 1. The summed E-state index contributed by atoms with van der Waals surface area (Å²) in [7, 11) is 1.72. The molecule has 1 aromatic rings. The number of likely N-dealkylation sites (N-methyl/N-ethyl adjacent to an activating group) is 1. The van der Waals surface area contributed by atoms with Gasteiger partial charge in [-0.2, -0.15) is 5.26 Å². The Hall–Kier alpha value is -1.60. The number of rotatable bonds is 3. The van der Waals surface area contributed by atoms with E-state index in [0.29, 0.717) is 5.69 Å². The monoisotopic (exact) mass is 208 g/mol. The Balaban J connectivity index is 3.15. The van der Waals surface area contributed by atoms with Crippen LogP contribution in [0, 0.1) is 17.1 Å². The summed E-state index contributed by atoms with van der Waals surface area (Å²) < 4.78 is 13.3. The molecule has 0 aliphatic heterocycles. The molecule has 0 saturated carbocycles. The molecule has 0 spiro atoms. The van der Waals surface area contributed by atoms with Gasteiger partial charge in [0.2, 0.25) is 0 Å². The van der Waals surface area contributed by atoms with Crippen molar-refractivity contribution in [3.05, 3.63) is 29.6 Å². The fraction of sp³-hybridized carbons (Fsp3) is 0.364. The number of nitriles is 1. The topological polar surface area (TPSA) is 47.3 Å². The van der Waals surface area contributed by atoms with Gasteiger partial charge in [-0.05, 0) is 19.1 Å². The van der Waals surface area contributed by atoms with Crippen molar-refractivity contribution in [1.82, 2.24) is 0 Å². The maximum atomic E-state index is 13.3. The third-order valence-corrected chi connectivity index (χ3v) is 2.41. The van der Waals surface area contributed by atoms with Crippen molar-refractivity contribution < 1.29 is 9.50 Å². The van der Waals surface area contributed by atoms with Gasteiger partial charge in [0.05, 0.1) is 12.3 Å². The molecule has 0 amide bonds. The second-order valence-corrected chi connectivity index (χ2v) is 3.39. The molecule has 0 bridgehead atoms. The molecule has 0 heterocycles. The van der Waals surface area contributed by atoms with Gasteiger partial charge in [0.1, 0.15) is 17.4 Å². The first-order chi connectivity index (χ1) is 7.11. The number of aliphatic hydroxyl groups is 1. The fourth-order valence-corrected chi connectivity index (χ4v) is 1.28. The summed E-state index contributed by atoms with van der Waals surface area (Å²) in [5.74, 6) is -0.535. The molecule has 0 fully saturated rings. The van der Waals surface area contributed by atoms with E-state index in [2.05, 4.69) is 0 Å². The molecule has 0 aromatic heterocycles. The zero-order valence-corrected chi connectivity index (χ0v) is 8.74. The Kier molecular flexibility index (Phi) is 3.64. The van der Waals surface area contributed by atoms with E-state index < -0.39 is 5.82 Å². The van der Waals surface area contributed by atoms with E-state index in [1.165, 1.54) is 6.07 Å². The average molecular weight is 208 g/mol. The van der Waals surface area contributed by atoms with E-state index in [9.17, 15) is 4.39 Å². The lowest BCUT2D eigenvalue weighted by Gasteiger charge is -2.26. The fourth-order valence-electron chi connectivity index (χ4n) is 1.28. The van der Waals surface area contributed by atoms with Crippen molar-refractivity contribution in [2.75, 3.05) is 18.6 Å². The first-order valence-electron chi connectivity index (χ1n) is 4.64. The third-order valence-electron chi connectivity index (χ3n) is 2.41. The van der Waals surface area contributed by atoms with Crippen LogP contribution in [0.1, 0.15) is 12.5 Å². The minimum atomic E-state index is -0.535. The van der Waals surface area contributed by atoms with E-state index in [1.54, 1.807) is 31.0 Å². The molecule has 1 aromatic carbocycles. The Morgan fingerprint density at radius 3 is 2.80 bits per heavy atom. The summed E-state index contributed by atoms with van der Waals surface area (Å²) >= 11 is 0. The highest BCUT2D eigenvalue weighted by Gasteiger charge is 2.15. The Morgan fingerprint density at radius 2 is 2.27 bits per heavy atom. The van der Waals surface area contributed by atoms with E-state index >= 15 is 0 Å². The molecule has 80 valence electrons. The number of aliphatic hydroxyl groups excluding tert-OH is 1. The molecule has 0 radical (unpaired) electrons. The summed E-state index contributed by atoms with van der Waals surface area (Å²) in [6.45, 7) is 1.75. The Morgan fingerprint density at radius 1 is 1.60 bits per heavy atom. The van der Waals surface area contributed by atoms with Gasteiger partial charge in [0, 0.05) is 13.1 Å². The molecule has 0 aliphatic rings. The van der Waals surface area contributed by atoms with E-state index in [0.717, 1.165) is 0 Å². The lowest BCUT2D eigenvalue weighted by Crippen LogP contribution is -2.32. The summed E-state index contributed by atoms with van der Waals surface area (Å²) in [4.78, 5) is 1.68. The van der Waals surface area contributed by atoms with Gasteiger partial charge in [0.15, 0.2) is 0 Å². The molecular weight excluding hydrogens is 195 g/mol. The first kappa shape index (κ1) is 11.5. The van der Waals surface area contributed by atoms with Crippen LogP contribution < -0.4 is 4.90 Å². The van der Waals surface area contributed by atoms with Crippen LogP contribution in [-0.2, 0) is 0 Å². The number of hydrogen-bond acceptors (Lipinski definition) is 3.